The van der Waals surface area contributed by atoms with Crippen molar-refractivity contribution in [2.45, 2.75) is 13.3 Å². The molecule has 1 heterocycles. The fraction of sp³-hybridized carbons (Fsp3) is 0.231. The lowest BCUT2D eigenvalue weighted by Gasteiger charge is -2.09. The Morgan fingerprint density at radius 2 is 2.18 bits per heavy atom. The van der Waals surface area contributed by atoms with E-state index in [4.69, 9.17) is 5.11 Å². The zero-order valence-corrected chi connectivity index (χ0v) is 9.42. The van der Waals surface area contributed by atoms with Crippen LogP contribution in [0.5, 0.6) is 5.75 Å². The molecule has 4 heteroatoms. The van der Waals surface area contributed by atoms with Gasteiger partial charge in [-0.25, -0.2) is 0 Å². The summed E-state index contributed by atoms with van der Waals surface area (Å²) in [4.78, 5) is 14.9. The quantitative estimate of drug-likeness (QED) is 0.849. The maximum absolute atomic E-state index is 10.8. The average Bonchev–Trinajstić information content (AvgIpc) is 2.33. The number of aliphatic carboxylic acids is 1. The van der Waals surface area contributed by atoms with E-state index in [1.165, 1.54) is 0 Å². The molecule has 1 aromatic carbocycles. The highest BCUT2D eigenvalue weighted by Gasteiger charge is 2.14. The molecule has 0 saturated heterocycles. The van der Waals surface area contributed by atoms with Gasteiger partial charge in [-0.3, -0.25) is 9.78 Å². The zero-order chi connectivity index (χ0) is 12.4. The van der Waals surface area contributed by atoms with Gasteiger partial charge in [-0.2, -0.15) is 0 Å². The van der Waals surface area contributed by atoms with Crippen LogP contribution in [0.15, 0.2) is 30.5 Å². The molecule has 1 atom stereocenters. The first-order valence-corrected chi connectivity index (χ1v) is 5.38. The Morgan fingerprint density at radius 3 is 2.88 bits per heavy atom. The summed E-state index contributed by atoms with van der Waals surface area (Å²) in [5.41, 5.74) is 1.41. The molecular weight excluding hydrogens is 218 g/mol. The van der Waals surface area contributed by atoms with E-state index in [1.54, 1.807) is 31.3 Å². The van der Waals surface area contributed by atoms with Crippen LogP contribution >= 0.6 is 0 Å². The van der Waals surface area contributed by atoms with Crippen molar-refractivity contribution >= 4 is 16.9 Å². The number of phenols is 1. The Labute approximate surface area is 98.5 Å². The summed E-state index contributed by atoms with van der Waals surface area (Å²) in [5.74, 6) is -1.16. The molecule has 2 N–H and O–H groups in total. The molecular formula is C13H13NO3. The number of hydrogen-bond donors (Lipinski definition) is 2. The van der Waals surface area contributed by atoms with E-state index < -0.39 is 11.9 Å². The summed E-state index contributed by atoms with van der Waals surface area (Å²) in [6.07, 6.45) is 2.03. The Morgan fingerprint density at radius 1 is 1.41 bits per heavy atom. The Balaban J connectivity index is 2.48. The van der Waals surface area contributed by atoms with Crippen LogP contribution < -0.4 is 0 Å². The first kappa shape index (κ1) is 11.4. The number of fused-ring (bicyclic) bond motifs is 1. The number of aromatic nitrogens is 1. The lowest BCUT2D eigenvalue weighted by molar-refractivity contribution is -0.141. The largest absolute Gasteiger partial charge is 0.506 e. The number of rotatable bonds is 3. The molecule has 88 valence electrons. The van der Waals surface area contributed by atoms with Gasteiger partial charge in [0.1, 0.15) is 11.3 Å². The van der Waals surface area contributed by atoms with Crippen molar-refractivity contribution in [3.63, 3.8) is 0 Å². The fourth-order valence-corrected chi connectivity index (χ4v) is 1.81. The number of hydrogen-bond acceptors (Lipinski definition) is 3. The normalized spacial score (nSPS) is 12.5. The third-order valence-electron chi connectivity index (χ3n) is 2.79. The standard InChI is InChI=1S/C13H13NO3/c1-8(13(16)17)7-9-4-5-11(15)12-10(9)3-2-6-14-12/h2-6,8,15H,7H2,1H3,(H,16,17). The number of carbonyl (C=O) groups is 1. The molecule has 0 aliphatic carbocycles. The van der Waals surface area contributed by atoms with E-state index in [9.17, 15) is 9.90 Å². The first-order valence-electron chi connectivity index (χ1n) is 5.38. The Hall–Kier alpha value is -2.10. The van der Waals surface area contributed by atoms with Crippen LogP contribution in [-0.2, 0) is 11.2 Å². The van der Waals surface area contributed by atoms with E-state index in [0.717, 1.165) is 10.9 Å². The number of carboxylic acid groups (broad SMARTS) is 1. The number of phenolic OH excluding ortho intramolecular Hbond substituents is 1. The van der Waals surface area contributed by atoms with Gasteiger partial charge in [0.15, 0.2) is 0 Å². The second-order valence-corrected chi connectivity index (χ2v) is 4.09. The summed E-state index contributed by atoms with van der Waals surface area (Å²) in [7, 11) is 0. The van der Waals surface area contributed by atoms with E-state index in [0.29, 0.717) is 11.9 Å². The lowest BCUT2D eigenvalue weighted by atomic mass is 9.97. The minimum Gasteiger partial charge on any atom is -0.506 e. The molecule has 0 radical (unpaired) electrons. The van der Waals surface area contributed by atoms with Crippen molar-refractivity contribution in [3.8, 4) is 5.75 Å². The molecule has 0 aliphatic heterocycles. The Bertz CT molecular complexity index is 566. The molecule has 0 saturated carbocycles. The highest BCUT2D eigenvalue weighted by molar-refractivity contribution is 5.87. The topological polar surface area (TPSA) is 70.4 Å². The third kappa shape index (κ3) is 2.20. The maximum atomic E-state index is 10.8. The SMILES string of the molecule is CC(Cc1ccc(O)c2ncccc12)C(=O)O. The smallest absolute Gasteiger partial charge is 0.306 e. The van der Waals surface area contributed by atoms with Crippen LogP contribution in [0.1, 0.15) is 12.5 Å². The van der Waals surface area contributed by atoms with Crippen LogP contribution in [0.3, 0.4) is 0 Å². The van der Waals surface area contributed by atoms with Crippen LogP contribution in [0, 0.1) is 5.92 Å². The zero-order valence-electron chi connectivity index (χ0n) is 9.42. The van der Waals surface area contributed by atoms with Crippen molar-refractivity contribution in [3.05, 3.63) is 36.0 Å². The average molecular weight is 231 g/mol. The Kier molecular flexibility index (Phi) is 2.95. The number of carboxylic acids is 1. The van der Waals surface area contributed by atoms with Crippen LogP contribution in [0.4, 0.5) is 0 Å². The molecule has 0 amide bonds. The van der Waals surface area contributed by atoms with Crippen molar-refractivity contribution < 1.29 is 15.0 Å². The molecule has 2 aromatic rings. The van der Waals surface area contributed by atoms with Gasteiger partial charge in [0.05, 0.1) is 5.92 Å². The number of pyridine rings is 1. The molecule has 0 aliphatic rings. The van der Waals surface area contributed by atoms with Crippen molar-refractivity contribution in [2.75, 3.05) is 0 Å². The molecule has 2 rings (SSSR count). The van der Waals surface area contributed by atoms with Crippen molar-refractivity contribution in [1.29, 1.82) is 0 Å². The second kappa shape index (κ2) is 4.41. The highest BCUT2D eigenvalue weighted by atomic mass is 16.4. The third-order valence-corrected chi connectivity index (χ3v) is 2.79. The molecule has 17 heavy (non-hydrogen) atoms. The minimum atomic E-state index is -0.824. The van der Waals surface area contributed by atoms with Gasteiger partial charge in [0, 0.05) is 11.6 Å². The summed E-state index contributed by atoms with van der Waals surface area (Å²) in [5, 5.41) is 19.4. The summed E-state index contributed by atoms with van der Waals surface area (Å²) in [6, 6.07) is 6.92. The van der Waals surface area contributed by atoms with Crippen LogP contribution in [0.2, 0.25) is 0 Å². The summed E-state index contributed by atoms with van der Waals surface area (Å²) >= 11 is 0. The van der Waals surface area contributed by atoms with Gasteiger partial charge in [-0.1, -0.05) is 19.1 Å². The highest BCUT2D eigenvalue weighted by Crippen LogP contribution is 2.26. The van der Waals surface area contributed by atoms with Gasteiger partial charge in [0.25, 0.3) is 0 Å². The summed E-state index contributed by atoms with van der Waals surface area (Å²) < 4.78 is 0. The van der Waals surface area contributed by atoms with E-state index in [2.05, 4.69) is 4.98 Å². The summed E-state index contributed by atoms with van der Waals surface area (Å²) in [6.45, 7) is 1.66. The van der Waals surface area contributed by atoms with Crippen molar-refractivity contribution in [2.24, 2.45) is 5.92 Å². The monoisotopic (exact) mass is 231 g/mol. The maximum Gasteiger partial charge on any atom is 0.306 e. The van der Waals surface area contributed by atoms with Crippen LogP contribution in [-0.4, -0.2) is 21.2 Å². The molecule has 0 spiro atoms. The number of benzene rings is 1. The van der Waals surface area contributed by atoms with Crippen molar-refractivity contribution in [1.82, 2.24) is 4.98 Å². The van der Waals surface area contributed by atoms with E-state index >= 15 is 0 Å². The molecule has 4 nitrogen and oxygen atoms in total. The molecule has 1 aromatic heterocycles. The fourth-order valence-electron chi connectivity index (χ4n) is 1.81. The van der Waals surface area contributed by atoms with Gasteiger partial charge in [-0.15, -0.1) is 0 Å². The minimum absolute atomic E-state index is 0.118. The molecule has 1 unspecified atom stereocenters. The molecule has 0 bridgehead atoms. The van der Waals surface area contributed by atoms with Gasteiger partial charge in [0.2, 0.25) is 0 Å². The van der Waals surface area contributed by atoms with Gasteiger partial charge in [-0.05, 0) is 24.1 Å². The number of nitrogens with zero attached hydrogens (tertiary/aromatic N) is 1. The second-order valence-electron chi connectivity index (χ2n) is 4.09. The lowest BCUT2D eigenvalue weighted by Crippen LogP contribution is -2.12. The van der Waals surface area contributed by atoms with E-state index in [1.807, 2.05) is 6.07 Å². The van der Waals surface area contributed by atoms with Gasteiger partial charge >= 0.3 is 5.97 Å². The first-order chi connectivity index (χ1) is 8.09. The van der Waals surface area contributed by atoms with E-state index in [-0.39, 0.29) is 5.75 Å². The molecule has 0 fully saturated rings. The number of aromatic hydroxyl groups is 1. The van der Waals surface area contributed by atoms with Crippen LogP contribution in [0.25, 0.3) is 10.9 Å². The van der Waals surface area contributed by atoms with Gasteiger partial charge < -0.3 is 10.2 Å². The predicted molar refractivity (Wildman–Crippen MR) is 63.9 cm³/mol. The predicted octanol–water partition coefficient (Wildman–Crippen LogP) is 2.20.